The standard InChI is InChI=1S/C34H32N4O8/c1-41-27-11-3-23(4-12-27)21-35-37-31(39)25-7-15-29(16-8-25)45-33-34(44-20-19-43-33)46-30-17-9-26(10-18-30)32(40)38-36-22-24-5-13-28(42-2)14-6-24/h3-18,21-22,33-34H,19-20H2,1-2H3,(H,37,39)(H,38,40). The van der Waals surface area contributed by atoms with Crippen molar-refractivity contribution >= 4 is 24.2 Å². The van der Waals surface area contributed by atoms with E-state index in [1.54, 1.807) is 87.0 Å². The SMILES string of the molecule is COc1ccc(C=NNC(=O)c2ccc(OC3OCCOC3Oc3ccc(C(=O)NN=Cc4ccc(OC)cc4)cc3)cc2)cc1. The number of hydrogen-bond acceptors (Lipinski definition) is 10. The largest absolute Gasteiger partial charge is 0.497 e. The van der Waals surface area contributed by atoms with Gasteiger partial charge in [-0.15, -0.1) is 0 Å². The van der Waals surface area contributed by atoms with Crippen molar-refractivity contribution in [3.05, 3.63) is 119 Å². The molecule has 1 aliphatic rings. The first-order valence-electron chi connectivity index (χ1n) is 14.2. The van der Waals surface area contributed by atoms with Crippen molar-refractivity contribution in [1.82, 2.24) is 10.9 Å². The van der Waals surface area contributed by atoms with Crippen LogP contribution in [-0.4, -0.2) is 64.3 Å². The van der Waals surface area contributed by atoms with Crippen molar-refractivity contribution in [3.8, 4) is 23.0 Å². The van der Waals surface area contributed by atoms with Crippen LogP contribution in [0.15, 0.2) is 107 Å². The van der Waals surface area contributed by atoms with Gasteiger partial charge in [0.05, 0.1) is 39.9 Å². The van der Waals surface area contributed by atoms with E-state index in [0.29, 0.717) is 35.8 Å². The van der Waals surface area contributed by atoms with Gasteiger partial charge in [-0.3, -0.25) is 9.59 Å². The van der Waals surface area contributed by atoms with Crippen LogP contribution in [0.2, 0.25) is 0 Å². The third kappa shape index (κ3) is 8.91. The highest BCUT2D eigenvalue weighted by atomic mass is 16.8. The van der Waals surface area contributed by atoms with E-state index < -0.39 is 12.6 Å². The number of carbonyl (C=O) groups excluding carboxylic acids is 2. The van der Waals surface area contributed by atoms with Gasteiger partial charge in [-0.25, -0.2) is 10.9 Å². The topological polar surface area (TPSA) is 138 Å². The Balaban J connectivity index is 1.11. The lowest BCUT2D eigenvalue weighted by Crippen LogP contribution is -2.45. The average molecular weight is 625 g/mol. The molecule has 0 bridgehead atoms. The quantitative estimate of drug-likeness (QED) is 0.175. The minimum Gasteiger partial charge on any atom is -0.497 e. The maximum atomic E-state index is 12.5. The van der Waals surface area contributed by atoms with E-state index in [1.165, 1.54) is 12.4 Å². The molecule has 0 aliphatic carbocycles. The van der Waals surface area contributed by atoms with Gasteiger partial charge in [0.1, 0.15) is 23.0 Å². The number of rotatable bonds is 12. The highest BCUT2D eigenvalue weighted by Crippen LogP contribution is 2.22. The van der Waals surface area contributed by atoms with Crippen LogP contribution in [0.25, 0.3) is 0 Å². The van der Waals surface area contributed by atoms with Gasteiger partial charge >= 0.3 is 0 Å². The third-order valence-electron chi connectivity index (χ3n) is 6.60. The first kappa shape index (κ1) is 31.7. The summed E-state index contributed by atoms with van der Waals surface area (Å²) in [6.45, 7) is 0.626. The van der Waals surface area contributed by atoms with Crippen LogP contribution in [0.5, 0.6) is 23.0 Å². The number of nitrogens with zero attached hydrogens (tertiary/aromatic N) is 2. The summed E-state index contributed by atoms with van der Waals surface area (Å²) in [7, 11) is 3.19. The maximum Gasteiger partial charge on any atom is 0.271 e. The van der Waals surface area contributed by atoms with Crippen LogP contribution in [0.1, 0.15) is 31.8 Å². The van der Waals surface area contributed by atoms with Crippen LogP contribution in [-0.2, 0) is 9.47 Å². The molecule has 1 heterocycles. The van der Waals surface area contributed by atoms with Gasteiger partial charge in [-0.05, 0) is 108 Å². The van der Waals surface area contributed by atoms with Gasteiger partial charge < -0.3 is 28.4 Å². The number of benzene rings is 4. The van der Waals surface area contributed by atoms with Gasteiger partial charge in [-0.2, -0.15) is 10.2 Å². The summed E-state index contributed by atoms with van der Waals surface area (Å²) in [5.74, 6) is 1.60. The van der Waals surface area contributed by atoms with E-state index in [2.05, 4.69) is 21.1 Å². The second-order valence-electron chi connectivity index (χ2n) is 9.71. The molecule has 4 aromatic carbocycles. The van der Waals surface area contributed by atoms with Crippen molar-refractivity contribution in [1.29, 1.82) is 0 Å². The van der Waals surface area contributed by atoms with Gasteiger partial charge in [0.15, 0.2) is 0 Å². The zero-order valence-electron chi connectivity index (χ0n) is 25.1. The predicted molar refractivity (Wildman–Crippen MR) is 170 cm³/mol. The van der Waals surface area contributed by atoms with Crippen molar-refractivity contribution in [2.24, 2.45) is 10.2 Å². The van der Waals surface area contributed by atoms with Crippen LogP contribution < -0.4 is 29.8 Å². The van der Waals surface area contributed by atoms with Gasteiger partial charge in [0.2, 0.25) is 0 Å². The lowest BCUT2D eigenvalue weighted by molar-refractivity contribution is -0.271. The fourth-order valence-corrected chi connectivity index (χ4v) is 4.14. The molecule has 0 radical (unpaired) electrons. The second-order valence-corrected chi connectivity index (χ2v) is 9.71. The van der Waals surface area contributed by atoms with Crippen molar-refractivity contribution in [2.75, 3.05) is 27.4 Å². The lowest BCUT2D eigenvalue weighted by atomic mass is 10.2. The highest BCUT2D eigenvalue weighted by Gasteiger charge is 2.31. The van der Waals surface area contributed by atoms with Crippen LogP contribution in [0.4, 0.5) is 0 Å². The second kappa shape index (κ2) is 15.8. The van der Waals surface area contributed by atoms with E-state index in [4.69, 9.17) is 28.4 Å². The van der Waals surface area contributed by atoms with E-state index in [0.717, 1.165) is 22.6 Å². The number of amides is 2. The molecule has 5 rings (SSSR count). The molecule has 1 fully saturated rings. The summed E-state index contributed by atoms with van der Waals surface area (Å²) in [5.41, 5.74) is 7.40. The molecule has 1 aliphatic heterocycles. The monoisotopic (exact) mass is 624 g/mol. The number of ether oxygens (including phenoxy) is 6. The summed E-state index contributed by atoms with van der Waals surface area (Å²) in [6, 6.07) is 27.5. The summed E-state index contributed by atoms with van der Waals surface area (Å²) in [4.78, 5) is 25.0. The van der Waals surface area contributed by atoms with Crippen LogP contribution >= 0.6 is 0 Å². The molecular formula is C34H32N4O8. The fourth-order valence-electron chi connectivity index (χ4n) is 4.14. The Hall–Kier alpha value is -5.72. The first-order chi connectivity index (χ1) is 22.5. The molecule has 2 unspecified atom stereocenters. The minimum atomic E-state index is -0.877. The fraction of sp³-hybridized carbons (Fsp3) is 0.176. The zero-order chi connectivity index (χ0) is 32.1. The third-order valence-corrected chi connectivity index (χ3v) is 6.60. The van der Waals surface area contributed by atoms with Gasteiger partial charge in [-0.1, -0.05) is 0 Å². The number of methoxy groups -OCH3 is 2. The smallest absolute Gasteiger partial charge is 0.271 e. The lowest BCUT2D eigenvalue weighted by Gasteiger charge is -2.31. The molecule has 2 amide bonds. The molecule has 0 aromatic heterocycles. The molecule has 236 valence electrons. The Morgan fingerprint density at radius 2 is 0.935 bits per heavy atom. The summed E-state index contributed by atoms with van der Waals surface area (Å²) in [5, 5.41) is 8.00. The Morgan fingerprint density at radius 3 is 1.28 bits per heavy atom. The Labute approximate surface area is 265 Å². The Morgan fingerprint density at radius 1 is 0.587 bits per heavy atom. The summed E-state index contributed by atoms with van der Waals surface area (Å²) >= 11 is 0. The maximum absolute atomic E-state index is 12.5. The molecule has 1 saturated heterocycles. The number of nitrogens with one attached hydrogen (secondary N) is 2. The zero-order valence-corrected chi connectivity index (χ0v) is 25.1. The molecular weight excluding hydrogens is 592 g/mol. The summed E-state index contributed by atoms with van der Waals surface area (Å²) in [6.07, 6.45) is 1.32. The first-order valence-corrected chi connectivity index (χ1v) is 14.2. The van der Waals surface area contributed by atoms with E-state index >= 15 is 0 Å². The number of hydrogen-bond donors (Lipinski definition) is 2. The van der Waals surface area contributed by atoms with E-state index in [9.17, 15) is 9.59 Å². The molecule has 0 spiro atoms. The molecule has 0 saturated carbocycles. The molecule has 2 N–H and O–H groups in total. The van der Waals surface area contributed by atoms with Crippen molar-refractivity contribution in [2.45, 2.75) is 12.6 Å². The highest BCUT2D eigenvalue weighted by molar-refractivity contribution is 5.95. The molecule has 4 aromatic rings. The van der Waals surface area contributed by atoms with Gasteiger partial charge in [0.25, 0.3) is 24.4 Å². The van der Waals surface area contributed by atoms with Gasteiger partial charge in [0, 0.05) is 11.1 Å². The molecule has 12 nitrogen and oxygen atoms in total. The molecule has 12 heteroatoms. The summed E-state index contributed by atoms with van der Waals surface area (Å²) < 4.78 is 33.7. The Kier molecular flexibility index (Phi) is 10.9. The van der Waals surface area contributed by atoms with E-state index in [-0.39, 0.29) is 11.8 Å². The van der Waals surface area contributed by atoms with Crippen LogP contribution in [0.3, 0.4) is 0 Å². The predicted octanol–water partition coefficient (Wildman–Crippen LogP) is 4.39. The normalized spacial score (nSPS) is 16.1. The molecule has 46 heavy (non-hydrogen) atoms. The van der Waals surface area contributed by atoms with Crippen LogP contribution in [0, 0.1) is 0 Å². The molecule has 2 atom stereocenters. The Bertz CT molecular complexity index is 1520. The number of hydrazone groups is 2. The number of carbonyl (C=O) groups is 2. The van der Waals surface area contributed by atoms with Crippen molar-refractivity contribution in [3.63, 3.8) is 0 Å². The van der Waals surface area contributed by atoms with E-state index in [1.807, 2.05) is 24.3 Å². The average Bonchev–Trinajstić information content (AvgIpc) is 3.10. The minimum absolute atomic E-state index is 0.313. The van der Waals surface area contributed by atoms with Crippen molar-refractivity contribution < 1.29 is 38.0 Å².